The van der Waals surface area contributed by atoms with Gasteiger partial charge in [-0.25, -0.2) is 0 Å². The molecule has 2 atom stereocenters. The van der Waals surface area contributed by atoms with E-state index in [1.807, 2.05) is 20.1 Å². The minimum Gasteiger partial charge on any atom is -0.468 e. The highest BCUT2D eigenvalue weighted by Crippen LogP contribution is 2.08. The molecule has 0 heterocycles. The molecular formula is C15H28N2O5S. The highest BCUT2D eigenvalue weighted by atomic mass is 32.2. The predicted octanol–water partition coefficient (Wildman–Crippen LogP) is 0.575. The second-order valence-corrected chi connectivity index (χ2v) is 6.25. The molecule has 8 heteroatoms. The Labute approximate surface area is 142 Å². The second kappa shape index (κ2) is 12.2. The van der Waals surface area contributed by atoms with Crippen molar-refractivity contribution < 1.29 is 23.9 Å². The first-order valence-electron chi connectivity index (χ1n) is 7.63. The van der Waals surface area contributed by atoms with Gasteiger partial charge in [-0.15, -0.1) is 0 Å². The van der Waals surface area contributed by atoms with Crippen LogP contribution in [0.3, 0.4) is 0 Å². The van der Waals surface area contributed by atoms with Crippen LogP contribution in [0.2, 0.25) is 0 Å². The number of ether oxygens (including phenoxy) is 2. The monoisotopic (exact) mass is 348 g/mol. The summed E-state index contributed by atoms with van der Waals surface area (Å²) < 4.78 is 9.55. The molecule has 0 aliphatic carbocycles. The summed E-state index contributed by atoms with van der Waals surface area (Å²) in [5.41, 5.74) is 0. The molecule has 0 unspecified atom stereocenters. The van der Waals surface area contributed by atoms with Crippen LogP contribution in [-0.4, -0.2) is 62.2 Å². The largest absolute Gasteiger partial charge is 0.468 e. The maximum atomic E-state index is 12.3. The molecule has 0 rings (SSSR count). The Hall–Kier alpha value is -1.28. The molecule has 7 nitrogen and oxygen atoms in total. The van der Waals surface area contributed by atoms with Crippen molar-refractivity contribution in [1.29, 1.82) is 0 Å². The first kappa shape index (κ1) is 21.7. The van der Waals surface area contributed by atoms with E-state index in [-0.39, 0.29) is 25.0 Å². The maximum absolute atomic E-state index is 12.3. The molecule has 23 heavy (non-hydrogen) atoms. The Kier molecular flexibility index (Phi) is 11.5. The van der Waals surface area contributed by atoms with Gasteiger partial charge in [-0.05, 0) is 31.3 Å². The SMILES string of the molecule is CCOC(=O)CNC(=O)[C@@H](N[C@@H](CCSC)C(=O)OC)C(C)C. The Bertz CT molecular complexity index is 390. The first-order valence-corrected chi connectivity index (χ1v) is 9.02. The lowest BCUT2D eigenvalue weighted by atomic mass is 10.0. The molecule has 0 aromatic carbocycles. The van der Waals surface area contributed by atoms with E-state index in [4.69, 9.17) is 9.47 Å². The summed E-state index contributed by atoms with van der Waals surface area (Å²) in [4.78, 5) is 35.4. The Morgan fingerprint density at radius 2 is 1.87 bits per heavy atom. The van der Waals surface area contributed by atoms with Crippen LogP contribution < -0.4 is 10.6 Å². The fourth-order valence-electron chi connectivity index (χ4n) is 1.92. The summed E-state index contributed by atoms with van der Waals surface area (Å²) >= 11 is 1.61. The lowest BCUT2D eigenvalue weighted by molar-refractivity contribution is -0.145. The van der Waals surface area contributed by atoms with Crippen molar-refractivity contribution in [1.82, 2.24) is 10.6 Å². The van der Waals surface area contributed by atoms with Gasteiger partial charge in [0.15, 0.2) is 0 Å². The van der Waals surface area contributed by atoms with Gasteiger partial charge in [0.1, 0.15) is 12.6 Å². The van der Waals surface area contributed by atoms with Crippen molar-refractivity contribution in [3.63, 3.8) is 0 Å². The van der Waals surface area contributed by atoms with Crippen molar-refractivity contribution in [3.05, 3.63) is 0 Å². The highest BCUT2D eigenvalue weighted by Gasteiger charge is 2.29. The van der Waals surface area contributed by atoms with Crippen LogP contribution in [0.25, 0.3) is 0 Å². The number of methoxy groups -OCH3 is 1. The molecular weight excluding hydrogens is 320 g/mol. The van der Waals surface area contributed by atoms with Gasteiger partial charge in [-0.3, -0.25) is 19.7 Å². The minimum absolute atomic E-state index is 0.0568. The summed E-state index contributed by atoms with van der Waals surface area (Å²) in [7, 11) is 1.32. The van der Waals surface area contributed by atoms with Gasteiger partial charge in [0.05, 0.1) is 19.8 Å². The van der Waals surface area contributed by atoms with E-state index in [0.29, 0.717) is 6.42 Å². The number of hydrogen-bond acceptors (Lipinski definition) is 7. The zero-order valence-electron chi connectivity index (χ0n) is 14.5. The molecule has 2 N–H and O–H groups in total. The van der Waals surface area contributed by atoms with Crippen LogP contribution >= 0.6 is 11.8 Å². The third-order valence-electron chi connectivity index (χ3n) is 3.14. The smallest absolute Gasteiger partial charge is 0.325 e. The van der Waals surface area contributed by atoms with Crippen molar-refractivity contribution in [2.75, 3.05) is 32.3 Å². The van der Waals surface area contributed by atoms with E-state index < -0.39 is 24.0 Å². The fourth-order valence-corrected chi connectivity index (χ4v) is 2.39. The summed E-state index contributed by atoms with van der Waals surface area (Å²) in [5.74, 6) is -0.523. The maximum Gasteiger partial charge on any atom is 0.325 e. The summed E-state index contributed by atoms with van der Waals surface area (Å²) in [5, 5.41) is 5.58. The van der Waals surface area contributed by atoms with Crippen LogP contribution in [0.1, 0.15) is 27.2 Å². The fraction of sp³-hybridized carbons (Fsp3) is 0.800. The van der Waals surface area contributed by atoms with Crippen LogP contribution in [0.4, 0.5) is 0 Å². The normalized spacial score (nSPS) is 13.3. The van der Waals surface area contributed by atoms with E-state index >= 15 is 0 Å². The zero-order valence-corrected chi connectivity index (χ0v) is 15.3. The van der Waals surface area contributed by atoms with Crippen LogP contribution in [-0.2, 0) is 23.9 Å². The third-order valence-corrected chi connectivity index (χ3v) is 3.78. The Balaban J connectivity index is 4.76. The molecule has 0 radical (unpaired) electrons. The molecule has 0 aromatic rings. The number of nitrogens with one attached hydrogen (secondary N) is 2. The van der Waals surface area contributed by atoms with E-state index in [9.17, 15) is 14.4 Å². The second-order valence-electron chi connectivity index (χ2n) is 5.27. The van der Waals surface area contributed by atoms with Crippen molar-refractivity contribution >= 4 is 29.6 Å². The zero-order chi connectivity index (χ0) is 17.8. The number of carbonyl (C=O) groups excluding carboxylic acids is 3. The van der Waals surface area contributed by atoms with Gasteiger partial charge in [-0.2, -0.15) is 11.8 Å². The number of carbonyl (C=O) groups is 3. The highest BCUT2D eigenvalue weighted by molar-refractivity contribution is 7.98. The first-order chi connectivity index (χ1) is 10.9. The Morgan fingerprint density at radius 1 is 1.22 bits per heavy atom. The van der Waals surface area contributed by atoms with E-state index in [1.54, 1.807) is 18.7 Å². The summed E-state index contributed by atoms with van der Waals surface area (Å²) in [6.45, 7) is 5.50. The topological polar surface area (TPSA) is 93.7 Å². The molecule has 0 aliphatic heterocycles. The lowest BCUT2D eigenvalue weighted by Gasteiger charge is -2.26. The molecule has 1 amide bonds. The minimum atomic E-state index is -0.601. The molecule has 0 aliphatic rings. The average molecular weight is 348 g/mol. The molecule has 0 saturated heterocycles. The summed E-state index contributed by atoms with van der Waals surface area (Å²) in [6.07, 6.45) is 2.50. The molecule has 0 fully saturated rings. The van der Waals surface area contributed by atoms with Gasteiger partial charge in [0, 0.05) is 0 Å². The van der Waals surface area contributed by atoms with Crippen LogP contribution in [0.5, 0.6) is 0 Å². The summed E-state index contributed by atoms with van der Waals surface area (Å²) in [6, 6.07) is -1.16. The molecule has 134 valence electrons. The predicted molar refractivity (Wildman–Crippen MR) is 90.2 cm³/mol. The number of amides is 1. The van der Waals surface area contributed by atoms with Gasteiger partial charge >= 0.3 is 11.9 Å². The van der Waals surface area contributed by atoms with Gasteiger partial charge in [0.2, 0.25) is 5.91 Å². The van der Waals surface area contributed by atoms with Gasteiger partial charge in [0.25, 0.3) is 0 Å². The van der Waals surface area contributed by atoms with Crippen molar-refractivity contribution in [3.8, 4) is 0 Å². The van der Waals surface area contributed by atoms with Crippen LogP contribution in [0, 0.1) is 5.92 Å². The number of thioether (sulfide) groups is 1. The third kappa shape index (κ3) is 8.80. The van der Waals surface area contributed by atoms with Gasteiger partial charge < -0.3 is 14.8 Å². The number of hydrogen-bond donors (Lipinski definition) is 2. The number of rotatable bonds is 11. The van der Waals surface area contributed by atoms with Crippen molar-refractivity contribution in [2.24, 2.45) is 5.92 Å². The molecule has 0 bridgehead atoms. The van der Waals surface area contributed by atoms with E-state index in [2.05, 4.69) is 10.6 Å². The molecule has 0 aromatic heterocycles. The lowest BCUT2D eigenvalue weighted by Crippen LogP contribution is -2.54. The standard InChI is InChI=1S/C15H28N2O5S/c1-6-22-12(18)9-16-14(19)13(10(2)3)17-11(7-8-23-5)15(20)21-4/h10-11,13,17H,6-9H2,1-5H3,(H,16,19)/t11-,13-/m0/s1. The molecule has 0 spiro atoms. The van der Waals surface area contributed by atoms with Crippen molar-refractivity contribution in [2.45, 2.75) is 39.3 Å². The van der Waals surface area contributed by atoms with E-state index in [0.717, 1.165) is 5.75 Å². The number of esters is 2. The molecule has 0 saturated carbocycles. The average Bonchev–Trinajstić information content (AvgIpc) is 2.52. The van der Waals surface area contributed by atoms with E-state index in [1.165, 1.54) is 7.11 Å². The Morgan fingerprint density at radius 3 is 2.35 bits per heavy atom. The van der Waals surface area contributed by atoms with Gasteiger partial charge in [-0.1, -0.05) is 13.8 Å². The quantitative estimate of drug-likeness (QED) is 0.527. The van der Waals surface area contributed by atoms with Crippen LogP contribution in [0.15, 0.2) is 0 Å².